The monoisotopic (exact) mass is 765 g/mol. The molecule has 8 heteroatoms. The minimum absolute atomic E-state index is 0.571. The lowest BCUT2D eigenvalue weighted by Crippen LogP contribution is -2.00. The zero-order valence-corrected chi connectivity index (χ0v) is 31.7. The van der Waals surface area contributed by atoms with Crippen molar-refractivity contribution in [3.63, 3.8) is 0 Å². The molecule has 6 nitrogen and oxygen atoms in total. The molecule has 5 heterocycles. The summed E-state index contributed by atoms with van der Waals surface area (Å²) in [7, 11) is 0. The second-order valence-corrected chi connectivity index (χ2v) is 16.1. The third-order valence-electron chi connectivity index (χ3n) is 10.6. The van der Waals surface area contributed by atoms with Crippen LogP contribution in [0.2, 0.25) is 0 Å². The molecule has 5 aromatic heterocycles. The van der Waals surface area contributed by atoms with Crippen molar-refractivity contribution in [1.82, 2.24) is 24.9 Å². The van der Waals surface area contributed by atoms with Crippen molar-refractivity contribution in [3.05, 3.63) is 164 Å². The van der Waals surface area contributed by atoms with Gasteiger partial charge in [0.15, 0.2) is 23.3 Å². The Morgan fingerprint density at radius 1 is 0.368 bits per heavy atom. The van der Waals surface area contributed by atoms with E-state index < -0.39 is 0 Å². The molecule has 7 aromatic carbocycles. The van der Waals surface area contributed by atoms with Gasteiger partial charge in [-0.25, -0.2) is 24.9 Å². The Hall–Kier alpha value is -7.13. The summed E-state index contributed by atoms with van der Waals surface area (Å²) in [5.74, 6) is 2.44. The molecule has 0 saturated carbocycles. The normalized spacial score (nSPS) is 11.9. The van der Waals surface area contributed by atoms with Crippen molar-refractivity contribution in [2.75, 3.05) is 0 Å². The molecule has 0 saturated heterocycles. The molecule has 0 bridgehead atoms. The van der Waals surface area contributed by atoms with Crippen LogP contribution in [-0.2, 0) is 0 Å². The summed E-state index contributed by atoms with van der Waals surface area (Å²) in [4.78, 5) is 25.9. The van der Waals surface area contributed by atoms with Crippen LogP contribution in [0.4, 0.5) is 0 Å². The molecule has 0 aliphatic carbocycles. The first-order valence-corrected chi connectivity index (χ1v) is 20.3. The standard InChI is InChI=1S/C49H27N5OS2/c1-3-12-28(13-4-1)43-45-44(33-17-8-10-21-40(33)57-45)51-47(50-43)30-22-24-37-36(27-30)42-34(18-11-19-38(42)55-37)49-53-46(29-14-5-2-6-15-29)52-48(54-49)31-23-25-41-35(26-31)32-16-7-9-20-39(32)56-41/h1-27H. The van der Waals surface area contributed by atoms with Gasteiger partial charge in [0.25, 0.3) is 0 Å². The number of furan rings is 1. The van der Waals surface area contributed by atoms with Crippen LogP contribution in [0.5, 0.6) is 0 Å². The molecule has 0 unspecified atom stereocenters. The van der Waals surface area contributed by atoms with Crippen LogP contribution < -0.4 is 0 Å². The lowest BCUT2D eigenvalue weighted by molar-refractivity contribution is 0.669. The van der Waals surface area contributed by atoms with Gasteiger partial charge in [0.2, 0.25) is 0 Å². The van der Waals surface area contributed by atoms with Gasteiger partial charge in [-0.15, -0.1) is 22.7 Å². The summed E-state index contributed by atoms with van der Waals surface area (Å²) >= 11 is 3.53. The first-order chi connectivity index (χ1) is 28.2. The summed E-state index contributed by atoms with van der Waals surface area (Å²) in [6.07, 6.45) is 0. The van der Waals surface area contributed by atoms with E-state index in [1.54, 1.807) is 22.7 Å². The number of fused-ring (bicyclic) bond motifs is 9. The van der Waals surface area contributed by atoms with Crippen LogP contribution in [0.25, 0.3) is 119 Å². The molecule has 0 amide bonds. The third kappa shape index (κ3) is 5.26. The minimum Gasteiger partial charge on any atom is -0.456 e. The summed E-state index contributed by atoms with van der Waals surface area (Å²) in [6, 6.07) is 56.2. The molecule has 0 atom stereocenters. The van der Waals surface area contributed by atoms with Crippen LogP contribution in [-0.4, -0.2) is 24.9 Å². The number of hydrogen-bond acceptors (Lipinski definition) is 8. The average Bonchev–Trinajstić information content (AvgIpc) is 3.97. The van der Waals surface area contributed by atoms with Gasteiger partial charge in [-0.05, 0) is 54.6 Å². The molecule has 0 N–H and O–H groups in total. The van der Waals surface area contributed by atoms with Crippen molar-refractivity contribution >= 4 is 85.1 Å². The van der Waals surface area contributed by atoms with E-state index in [4.69, 9.17) is 29.3 Å². The summed E-state index contributed by atoms with van der Waals surface area (Å²) in [5.41, 5.74) is 8.05. The Kier molecular flexibility index (Phi) is 7.17. The predicted octanol–water partition coefficient (Wildman–Crippen LogP) is 13.6. The van der Waals surface area contributed by atoms with E-state index in [0.29, 0.717) is 23.3 Å². The highest BCUT2D eigenvalue weighted by atomic mass is 32.1. The topological polar surface area (TPSA) is 77.6 Å². The van der Waals surface area contributed by atoms with Gasteiger partial charge in [0.05, 0.1) is 15.9 Å². The van der Waals surface area contributed by atoms with Gasteiger partial charge >= 0.3 is 0 Å². The van der Waals surface area contributed by atoms with Gasteiger partial charge in [0.1, 0.15) is 11.2 Å². The molecule has 0 spiro atoms. The van der Waals surface area contributed by atoms with E-state index in [1.807, 2.05) is 60.7 Å². The van der Waals surface area contributed by atoms with E-state index in [0.717, 1.165) is 71.1 Å². The fraction of sp³-hybridized carbons (Fsp3) is 0. The van der Waals surface area contributed by atoms with Crippen LogP contribution in [0, 0.1) is 0 Å². The molecule has 0 fully saturated rings. The van der Waals surface area contributed by atoms with Crippen LogP contribution in [0.3, 0.4) is 0 Å². The zero-order valence-electron chi connectivity index (χ0n) is 30.0. The molecule has 0 aliphatic rings. The minimum atomic E-state index is 0.571. The second kappa shape index (κ2) is 12.7. The Morgan fingerprint density at radius 3 is 1.79 bits per heavy atom. The van der Waals surface area contributed by atoms with E-state index in [-0.39, 0.29) is 0 Å². The van der Waals surface area contributed by atoms with Gasteiger partial charge in [0, 0.05) is 68.8 Å². The van der Waals surface area contributed by atoms with Gasteiger partial charge < -0.3 is 4.42 Å². The molecule has 12 rings (SSSR count). The molecule has 0 radical (unpaired) electrons. The van der Waals surface area contributed by atoms with Crippen molar-refractivity contribution in [2.45, 2.75) is 0 Å². The smallest absolute Gasteiger partial charge is 0.164 e. The maximum Gasteiger partial charge on any atom is 0.164 e. The first-order valence-electron chi connectivity index (χ1n) is 18.7. The SMILES string of the molecule is c1ccc(-c2nc(-c3ccc4sc5ccccc5c4c3)nc(-c3cccc4oc5ccc(-c6nc(-c7ccccc7)c7sc8ccccc8c7n6)cc5c34)n2)cc1. The molecular weight excluding hydrogens is 739 g/mol. The van der Waals surface area contributed by atoms with Crippen molar-refractivity contribution in [1.29, 1.82) is 0 Å². The zero-order chi connectivity index (χ0) is 37.5. The highest BCUT2D eigenvalue weighted by molar-refractivity contribution is 7.26. The quantitative estimate of drug-likeness (QED) is 0.174. The third-order valence-corrected chi connectivity index (χ3v) is 12.9. The summed E-state index contributed by atoms with van der Waals surface area (Å²) < 4.78 is 11.3. The van der Waals surface area contributed by atoms with Crippen molar-refractivity contribution in [2.24, 2.45) is 0 Å². The number of hydrogen-bond donors (Lipinski definition) is 0. The van der Waals surface area contributed by atoms with E-state index in [1.165, 1.54) is 24.9 Å². The summed E-state index contributed by atoms with van der Waals surface area (Å²) in [5, 5.41) is 5.41. The van der Waals surface area contributed by atoms with Gasteiger partial charge in [-0.1, -0.05) is 109 Å². The molecule has 0 aliphatic heterocycles. The van der Waals surface area contributed by atoms with E-state index in [2.05, 4.69) is 103 Å². The second-order valence-electron chi connectivity index (χ2n) is 14.0. The summed E-state index contributed by atoms with van der Waals surface area (Å²) in [6.45, 7) is 0. The molecule has 266 valence electrons. The fourth-order valence-electron chi connectivity index (χ4n) is 7.87. The van der Waals surface area contributed by atoms with Crippen LogP contribution in [0.1, 0.15) is 0 Å². The highest BCUT2D eigenvalue weighted by Crippen LogP contribution is 2.42. The maximum absolute atomic E-state index is 6.51. The maximum atomic E-state index is 6.51. The number of aromatic nitrogens is 5. The van der Waals surface area contributed by atoms with Crippen LogP contribution >= 0.6 is 22.7 Å². The van der Waals surface area contributed by atoms with E-state index >= 15 is 0 Å². The Balaban J connectivity index is 1.07. The lowest BCUT2D eigenvalue weighted by Gasteiger charge is -2.10. The molecule has 57 heavy (non-hydrogen) atoms. The van der Waals surface area contributed by atoms with Gasteiger partial charge in [-0.2, -0.15) is 0 Å². The lowest BCUT2D eigenvalue weighted by atomic mass is 10.0. The van der Waals surface area contributed by atoms with Crippen molar-refractivity contribution in [3.8, 4) is 56.8 Å². The number of benzene rings is 7. The number of rotatable bonds is 5. The number of nitrogens with zero attached hydrogens (tertiary/aromatic N) is 5. The van der Waals surface area contributed by atoms with Crippen LogP contribution in [0.15, 0.2) is 168 Å². The highest BCUT2D eigenvalue weighted by Gasteiger charge is 2.21. The van der Waals surface area contributed by atoms with E-state index in [9.17, 15) is 0 Å². The first kappa shape index (κ1) is 32.1. The molecular formula is C49H27N5OS2. The Morgan fingerprint density at radius 2 is 0.982 bits per heavy atom. The van der Waals surface area contributed by atoms with Crippen molar-refractivity contribution < 1.29 is 4.42 Å². The molecule has 12 aromatic rings. The van der Waals surface area contributed by atoms with Gasteiger partial charge in [-0.3, -0.25) is 0 Å². The Labute approximate surface area is 333 Å². The Bertz CT molecular complexity index is 3540. The predicted molar refractivity (Wildman–Crippen MR) is 236 cm³/mol. The average molecular weight is 766 g/mol. The fourth-order valence-corrected chi connectivity index (χ4v) is 10.1. The largest absolute Gasteiger partial charge is 0.456 e. The number of thiophene rings is 2.